The Bertz CT molecular complexity index is 245. The average Bonchev–Trinajstić information content (AvgIpc) is 2.15. The molecule has 3 heteroatoms. The lowest BCUT2D eigenvalue weighted by Crippen LogP contribution is -2.52. The summed E-state index contributed by atoms with van der Waals surface area (Å²) in [5, 5.41) is 3.34. The zero-order chi connectivity index (χ0) is 12.3. The highest BCUT2D eigenvalue weighted by atomic mass is 16.2. The van der Waals surface area contributed by atoms with Crippen LogP contribution < -0.4 is 5.32 Å². The van der Waals surface area contributed by atoms with E-state index >= 15 is 0 Å². The molecule has 2 unspecified atom stereocenters. The Morgan fingerprint density at radius 2 is 2.06 bits per heavy atom. The van der Waals surface area contributed by atoms with E-state index in [2.05, 4.69) is 33.0 Å². The summed E-state index contributed by atoms with van der Waals surface area (Å²) >= 11 is 0. The molecule has 1 aliphatic heterocycles. The molecule has 0 aromatic carbocycles. The largest absolute Gasteiger partial charge is 0.344 e. The maximum absolute atomic E-state index is 12.2. The third-order valence-corrected chi connectivity index (χ3v) is 3.12. The van der Waals surface area contributed by atoms with Gasteiger partial charge in [-0.25, -0.2) is 0 Å². The molecule has 94 valence electrons. The number of hydrogen-bond acceptors (Lipinski definition) is 2. The minimum Gasteiger partial charge on any atom is -0.344 e. The van der Waals surface area contributed by atoms with Gasteiger partial charge < -0.3 is 10.2 Å². The van der Waals surface area contributed by atoms with Crippen molar-refractivity contribution in [2.24, 2.45) is 11.3 Å². The van der Waals surface area contributed by atoms with E-state index in [0.29, 0.717) is 5.92 Å². The molecule has 0 aromatic heterocycles. The highest BCUT2D eigenvalue weighted by Crippen LogP contribution is 2.19. The van der Waals surface area contributed by atoms with E-state index in [0.717, 1.165) is 19.5 Å². The summed E-state index contributed by atoms with van der Waals surface area (Å²) in [6, 6.07) is 0.0288. The molecule has 16 heavy (non-hydrogen) atoms. The van der Waals surface area contributed by atoms with Gasteiger partial charge in [-0.2, -0.15) is 0 Å². The molecular weight excluding hydrogens is 200 g/mol. The SMILES string of the molecule is CC1CCCNC1C(=O)N(C)CC(C)(C)C. The molecule has 1 fully saturated rings. The summed E-state index contributed by atoms with van der Waals surface area (Å²) in [7, 11) is 1.91. The van der Waals surface area contributed by atoms with Crippen LogP contribution in [-0.2, 0) is 4.79 Å². The van der Waals surface area contributed by atoms with Gasteiger partial charge in [0, 0.05) is 13.6 Å². The minimum atomic E-state index is 0.0288. The Labute approximate surface area is 99.6 Å². The molecule has 0 aromatic rings. The van der Waals surface area contributed by atoms with Gasteiger partial charge >= 0.3 is 0 Å². The molecule has 1 amide bonds. The van der Waals surface area contributed by atoms with Gasteiger partial charge in [0.05, 0.1) is 6.04 Å². The van der Waals surface area contributed by atoms with Gasteiger partial charge in [-0.3, -0.25) is 4.79 Å². The van der Waals surface area contributed by atoms with Crippen LogP contribution in [0.2, 0.25) is 0 Å². The zero-order valence-corrected chi connectivity index (χ0v) is 11.3. The summed E-state index contributed by atoms with van der Waals surface area (Å²) in [4.78, 5) is 14.1. The van der Waals surface area contributed by atoms with Gasteiger partial charge in [-0.05, 0) is 30.7 Å². The highest BCUT2D eigenvalue weighted by Gasteiger charge is 2.30. The van der Waals surface area contributed by atoms with Gasteiger partial charge in [0.15, 0.2) is 0 Å². The van der Waals surface area contributed by atoms with Crippen LogP contribution in [0.3, 0.4) is 0 Å². The van der Waals surface area contributed by atoms with E-state index in [1.54, 1.807) is 0 Å². The van der Waals surface area contributed by atoms with Crippen LogP contribution in [0.1, 0.15) is 40.5 Å². The molecule has 0 radical (unpaired) electrons. The number of carbonyl (C=O) groups excluding carboxylic acids is 1. The Morgan fingerprint density at radius 3 is 2.56 bits per heavy atom. The van der Waals surface area contributed by atoms with E-state index in [-0.39, 0.29) is 17.4 Å². The van der Waals surface area contributed by atoms with Gasteiger partial charge in [-0.15, -0.1) is 0 Å². The van der Waals surface area contributed by atoms with Gasteiger partial charge in [0.2, 0.25) is 5.91 Å². The summed E-state index contributed by atoms with van der Waals surface area (Å²) in [5.74, 6) is 0.714. The molecule has 1 saturated heterocycles. The quantitative estimate of drug-likeness (QED) is 0.779. The molecule has 2 atom stereocenters. The molecule has 1 rings (SSSR count). The number of amides is 1. The lowest BCUT2D eigenvalue weighted by atomic mass is 9.90. The van der Waals surface area contributed by atoms with Crippen LogP contribution in [0.15, 0.2) is 0 Å². The lowest BCUT2D eigenvalue weighted by Gasteiger charge is -2.34. The number of nitrogens with zero attached hydrogens (tertiary/aromatic N) is 1. The normalized spacial score (nSPS) is 26.6. The van der Waals surface area contributed by atoms with E-state index in [1.807, 2.05) is 11.9 Å². The van der Waals surface area contributed by atoms with Gasteiger partial charge in [0.1, 0.15) is 0 Å². The second kappa shape index (κ2) is 5.17. The van der Waals surface area contributed by atoms with E-state index in [4.69, 9.17) is 0 Å². The van der Waals surface area contributed by atoms with Crippen LogP contribution in [0.5, 0.6) is 0 Å². The first kappa shape index (κ1) is 13.5. The number of nitrogens with one attached hydrogen (secondary N) is 1. The fourth-order valence-electron chi connectivity index (χ4n) is 2.41. The molecule has 0 aliphatic carbocycles. The van der Waals surface area contributed by atoms with E-state index in [9.17, 15) is 4.79 Å². The number of likely N-dealkylation sites (N-methyl/N-ethyl adjacent to an activating group) is 1. The Hall–Kier alpha value is -0.570. The van der Waals surface area contributed by atoms with Crippen molar-refractivity contribution >= 4 is 5.91 Å². The molecular formula is C13H26N2O. The zero-order valence-electron chi connectivity index (χ0n) is 11.3. The Morgan fingerprint density at radius 1 is 1.44 bits per heavy atom. The molecule has 0 saturated carbocycles. The third-order valence-electron chi connectivity index (χ3n) is 3.12. The maximum atomic E-state index is 12.2. The van der Waals surface area contributed by atoms with Crippen molar-refractivity contribution in [3.8, 4) is 0 Å². The van der Waals surface area contributed by atoms with Crippen molar-refractivity contribution in [2.75, 3.05) is 20.1 Å². The van der Waals surface area contributed by atoms with E-state index < -0.39 is 0 Å². The topological polar surface area (TPSA) is 32.3 Å². The smallest absolute Gasteiger partial charge is 0.239 e. The predicted molar refractivity (Wildman–Crippen MR) is 67.3 cm³/mol. The number of carbonyl (C=O) groups is 1. The highest BCUT2D eigenvalue weighted by molar-refractivity contribution is 5.82. The van der Waals surface area contributed by atoms with Crippen molar-refractivity contribution < 1.29 is 4.79 Å². The molecule has 1 heterocycles. The standard InChI is InChI=1S/C13H26N2O/c1-10-7-6-8-14-11(10)12(16)15(5)9-13(2,3)4/h10-11,14H,6-9H2,1-5H3. The van der Waals surface area contributed by atoms with Crippen molar-refractivity contribution in [3.63, 3.8) is 0 Å². The summed E-state index contributed by atoms with van der Waals surface area (Å²) in [6.07, 6.45) is 2.35. The number of rotatable bonds is 2. The predicted octanol–water partition coefficient (Wildman–Crippen LogP) is 1.88. The first-order valence-corrected chi connectivity index (χ1v) is 6.29. The Kier molecular flexibility index (Phi) is 4.36. The van der Waals surface area contributed by atoms with Crippen LogP contribution in [-0.4, -0.2) is 37.0 Å². The molecule has 0 bridgehead atoms. The monoisotopic (exact) mass is 226 g/mol. The summed E-state index contributed by atoms with van der Waals surface area (Å²) < 4.78 is 0. The maximum Gasteiger partial charge on any atom is 0.239 e. The minimum absolute atomic E-state index is 0.0288. The molecule has 1 N–H and O–H groups in total. The summed E-state index contributed by atoms with van der Waals surface area (Å²) in [6.45, 7) is 10.4. The van der Waals surface area contributed by atoms with E-state index in [1.165, 1.54) is 6.42 Å². The van der Waals surface area contributed by atoms with Gasteiger partial charge in [-0.1, -0.05) is 27.7 Å². The first-order valence-electron chi connectivity index (χ1n) is 6.29. The number of hydrogen-bond donors (Lipinski definition) is 1. The van der Waals surface area contributed by atoms with Crippen LogP contribution >= 0.6 is 0 Å². The van der Waals surface area contributed by atoms with Crippen molar-refractivity contribution in [1.29, 1.82) is 0 Å². The molecule has 1 aliphatic rings. The fourth-order valence-corrected chi connectivity index (χ4v) is 2.41. The van der Waals surface area contributed by atoms with Crippen LogP contribution in [0.4, 0.5) is 0 Å². The fraction of sp³-hybridized carbons (Fsp3) is 0.923. The molecule has 3 nitrogen and oxygen atoms in total. The summed E-state index contributed by atoms with van der Waals surface area (Å²) in [5.41, 5.74) is 0.169. The van der Waals surface area contributed by atoms with Crippen molar-refractivity contribution in [3.05, 3.63) is 0 Å². The lowest BCUT2D eigenvalue weighted by molar-refractivity contribution is -0.135. The van der Waals surface area contributed by atoms with Crippen molar-refractivity contribution in [2.45, 2.75) is 46.6 Å². The van der Waals surface area contributed by atoms with Gasteiger partial charge in [0.25, 0.3) is 0 Å². The molecule has 0 spiro atoms. The third kappa shape index (κ3) is 3.78. The Balaban J connectivity index is 2.55. The average molecular weight is 226 g/mol. The second-order valence-electron chi connectivity index (χ2n) is 6.31. The van der Waals surface area contributed by atoms with Crippen LogP contribution in [0, 0.1) is 11.3 Å². The first-order chi connectivity index (χ1) is 7.31. The van der Waals surface area contributed by atoms with Crippen LogP contribution in [0.25, 0.3) is 0 Å². The van der Waals surface area contributed by atoms with Crippen molar-refractivity contribution in [1.82, 2.24) is 10.2 Å². The second-order valence-corrected chi connectivity index (χ2v) is 6.31. The number of piperidine rings is 1.